The smallest absolute Gasteiger partial charge is 0.0329 e. The van der Waals surface area contributed by atoms with E-state index in [0.29, 0.717) is 5.92 Å². The molecule has 0 radical (unpaired) electrons. The van der Waals surface area contributed by atoms with Gasteiger partial charge in [0.25, 0.3) is 0 Å². The first-order valence-electron chi connectivity index (χ1n) is 5.11. The lowest BCUT2D eigenvalue weighted by atomic mass is 9.97. The topological polar surface area (TPSA) is 26.0 Å². The predicted octanol–water partition coefficient (Wildman–Crippen LogP) is 3.39. The Morgan fingerprint density at radius 1 is 1.36 bits per heavy atom. The number of hydrogen-bond donors (Lipinski definition) is 1. The quantitative estimate of drug-likeness (QED) is 0.722. The third-order valence-electron chi connectivity index (χ3n) is 2.43. The van der Waals surface area contributed by atoms with Gasteiger partial charge in [0.05, 0.1) is 0 Å². The molecule has 2 N–H and O–H groups in total. The van der Waals surface area contributed by atoms with Gasteiger partial charge in [-0.05, 0) is 23.5 Å². The summed E-state index contributed by atoms with van der Waals surface area (Å²) in [7, 11) is 0. The highest BCUT2D eigenvalue weighted by molar-refractivity contribution is 5.28. The maximum Gasteiger partial charge on any atom is 0.0329 e. The van der Waals surface area contributed by atoms with Crippen LogP contribution >= 0.6 is 0 Å². The van der Waals surface area contributed by atoms with Crippen molar-refractivity contribution in [3.8, 4) is 0 Å². The first-order chi connectivity index (χ1) is 6.65. The van der Waals surface area contributed by atoms with Gasteiger partial charge < -0.3 is 5.73 Å². The summed E-state index contributed by atoms with van der Waals surface area (Å²) in [4.78, 5) is 0. The van der Waals surface area contributed by atoms with Crippen molar-refractivity contribution in [2.24, 2.45) is 5.73 Å². The van der Waals surface area contributed by atoms with Crippen LogP contribution in [0.3, 0.4) is 0 Å². The molecule has 0 aliphatic carbocycles. The van der Waals surface area contributed by atoms with Gasteiger partial charge in [0.2, 0.25) is 0 Å². The van der Waals surface area contributed by atoms with Crippen molar-refractivity contribution >= 4 is 0 Å². The van der Waals surface area contributed by atoms with Gasteiger partial charge in [-0.2, -0.15) is 0 Å². The van der Waals surface area contributed by atoms with Crippen LogP contribution in [-0.2, 0) is 0 Å². The Morgan fingerprint density at radius 2 is 2.00 bits per heavy atom. The van der Waals surface area contributed by atoms with Crippen LogP contribution in [0, 0.1) is 0 Å². The van der Waals surface area contributed by atoms with Crippen LogP contribution in [0.1, 0.15) is 43.4 Å². The van der Waals surface area contributed by atoms with Gasteiger partial charge in [-0.3, -0.25) is 0 Å². The van der Waals surface area contributed by atoms with Gasteiger partial charge in [0.1, 0.15) is 0 Å². The molecule has 1 heteroatoms. The van der Waals surface area contributed by atoms with Crippen molar-refractivity contribution in [2.75, 3.05) is 0 Å². The fourth-order valence-electron chi connectivity index (χ4n) is 1.46. The zero-order chi connectivity index (χ0) is 10.6. The largest absolute Gasteiger partial charge is 0.324 e. The summed E-state index contributed by atoms with van der Waals surface area (Å²) in [5, 5.41) is 0. The van der Waals surface area contributed by atoms with Crippen LogP contribution in [0.15, 0.2) is 36.9 Å². The molecule has 0 aliphatic rings. The Balaban J connectivity index is 2.87. The van der Waals surface area contributed by atoms with Crippen molar-refractivity contribution in [2.45, 2.75) is 32.2 Å². The van der Waals surface area contributed by atoms with Gasteiger partial charge in [0.15, 0.2) is 0 Å². The second-order valence-corrected chi connectivity index (χ2v) is 3.96. The first-order valence-corrected chi connectivity index (χ1v) is 5.11. The molecule has 0 amide bonds. The van der Waals surface area contributed by atoms with E-state index < -0.39 is 0 Å². The van der Waals surface area contributed by atoms with Crippen molar-refractivity contribution in [3.63, 3.8) is 0 Å². The third kappa shape index (κ3) is 2.71. The summed E-state index contributed by atoms with van der Waals surface area (Å²) in [6.45, 7) is 8.09. The zero-order valence-corrected chi connectivity index (χ0v) is 9.03. The molecular formula is C13H19N. The van der Waals surface area contributed by atoms with Crippen LogP contribution in [0.4, 0.5) is 0 Å². The molecule has 1 aromatic rings. The zero-order valence-electron chi connectivity index (χ0n) is 9.03. The SMILES string of the molecule is C=CC[C@@H](N)c1cccc(C(C)C)c1. The number of nitrogens with two attached hydrogens (primary N) is 1. The molecule has 0 aliphatic heterocycles. The molecule has 0 bridgehead atoms. The fraction of sp³-hybridized carbons (Fsp3) is 0.385. The van der Waals surface area contributed by atoms with Gasteiger partial charge >= 0.3 is 0 Å². The lowest BCUT2D eigenvalue weighted by Gasteiger charge is -2.12. The number of benzene rings is 1. The lowest BCUT2D eigenvalue weighted by Crippen LogP contribution is -2.09. The van der Waals surface area contributed by atoms with E-state index in [0.717, 1.165) is 6.42 Å². The van der Waals surface area contributed by atoms with E-state index in [-0.39, 0.29) is 6.04 Å². The number of hydrogen-bond acceptors (Lipinski definition) is 1. The second kappa shape index (κ2) is 4.97. The van der Waals surface area contributed by atoms with E-state index in [9.17, 15) is 0 Å². The summed E-state index contributed by atoms with van der Waals surface area (Å²) >= 11 is 0. The first kappa shape index (κ1) is 11.0. The fourth-order valence-corrected chi connectivity index (χ4v) is 1.46. The van der Waals surface area contributed by atoms with Crippen molar-refractivity contribution < 1.29 is 0 Å². The molecule has 1 atom stereocenters. The summed E-state index contributed by atoms with van der Waals surface area (Å²) in [5.74, 6) is 0.561. The summed E-state index contributed by atoms with van der Waals surface area (Å²) in [6.07, 6.45) is 2.70. The minimum atomic E-state index is 0.0891. The summed E-state index contributed by atoms with van der Waals surface area (Å²) in [5.41, 5.74) is 8.56. The van der Waals surface area contributed by atoms with Crippen LogP contribution in [0.5, 0.6) is 0 Å². The average molecular weight is 189 g/mol. The Morgan fingerprint density at radius 3 is 2.57 bits per heavy atom. The Hall–Kier alpha value is -1.08. The molecule has 76 valence electrons. The van der Waals surface area contributed by atoms with E-state index in [1.54, 1.807) is 0 Å². The monoisotopic (exact) mass is 189 g/mol. The molecule has 1 rings (SSSR count). The maximum atomic E-state index is 6.00. The van der Waals surface area contributed by atoms with E-state index in [1.807, 2.05) is 6.08 Å². The molecule has 0 heterocycles. The van der Waals surface area contributed by atoms with Crippen LogP contribution in [0.2, 0.25) is 0 Å². The molecule has 0 unspecified atom stereocenters. The van der Waals surface area contributed by atoms with Crippen molar-refractivity contribution in [1.29, 1.82) is 0 Å². The minimum Gasteiger partial charge on any atom is -0.324 e. The summed E-state index contributed by atoms with van der Waals surface area (Å²) < 4.78 is 0. The van der Waals surface area contributed by atoms with Crippen LogP contribution in [0.25, 0.3) is 0 Å². The van der Waals surface area contributed by atoms with Crippen molar-refractivity contribution in [3.05, 3.63) is 48.0 Å². The average Bonchev–Trinajstić information content (AvgIpc) is 2.18. The van der Waals surface area contributed by atoms with E-state index in [4.69, 9.17) is 5.73 Å². The Labute approximate surface area is 86.6 Å². The minimum absolute atomic E-state index is 0.0891. The predicted molar refractivity (Wildman–Crippen MR) is 62.3 cm³/mol. The highest BCUT2D eigenvalue weighted by Gasteiger charge is 2.05. The molecular weight excluding hydrogens is 170 g/mol. The highest BCUT2D eigenvalue weighted by atomic mass is 14.6. The van der Waals surface area contributed by atoms with Gasteiger partial charge in [-0.15, -0.1) is 6.58 Å². The highest BCUT2D eigenvalue weighted by Crippen LogP contribution is 2.20. The maximum absolute atomic E-state index is 6.00. The Kier molecular flexibility index (Phi) is 3.90. The molecule has 1 nitrogen and oxygen atoms in total. The van der Waals surface area contributed by atoms with Crippen molar-refractivity contribution in [1.82, 2.24) is 0 Å². The second-order valence-electron chi connectivity index (χ2n) is 3.96. The molecule has 0 spiro atoms. The summed E-state index contributed by atoms with van der Waals surface area (Å²) in [6, 6.07) is 8.59. The molecule has 0 saturated heterocycles. The van der Waals surface area contributed by atoms with Gasteiger partial charge in [-0.25, -0.2) is 0 Å². The van der Waals surface area contributed by atoms with Crippen LogP contribution < -0.4 is 5.73 Å². The lowest BCUT2D eigenvalue weighted by molar-refractivity contribution is 0.736. The van der Waals surface area contributed by atoms with E-state index in [1.165, 1.54) is 11.1 Å². The van der Waals surface area contributed by atoms with Gasteiger partial charge in [-0.1, -0.05) is 44.2 Å². The van der Waals surface area contributed by atoms with Crippen LogP contribution in [-0.4, -0.2) is 0 Å². The van der Waals surface area contributed by atoms with E-state index in [2.05, 4.69) is 44.7 Å². The molecule has 0 saturated carbocycles. The molecule has 1 aromatic carbocycles. The molecule has 0 aromatic heterocycles. The normalized spacial score (nSPS) is 12.9. The Bertz CT molecular complexity index is 302. The molecule has 0 fully saturated rings. The third-order valence-corrected chi connectivity index (χ3v) is 2.43. The standard InChI is InChI=1S/C13H19N/c1-4-6-13(14)12-8-5-7-11(9-12)10(2)3/h4-5,7-10,13H,1,6,14H2,2-3H3/t13-/m1/s1. The van der Waals surface area contributed by atoms with Gasteiger partial charge in [0, 0.05) is 6.04 Å². The number of rotatable bonds is 4. The van der Waals surface area contributed by atoms with E-state index >= 15 is 0 Å². The molecule has 14 heavy (non-hydrogen) atoms.